The van der Waals surface area contributed by atoms with Gasteiger partial charge in [0.05, 0.1) is 12.0 Å². The van der Waals surface area contributed by atoms with Gasteiger partial charge in [-0.05, 0) is 39.3 Å². The summed E-state index contributed by atoms with van der Waals surface area (Å²) in [5.74, 6) is -0.450. The maximum absolute atomic E-state index is 12.0. The zero-order valence-corrected chi connectivity index (χ0v) is 11.7. The Kier molecular flexibility index (Phi) is 3.12. The fraction of sp³-hybridized carbons (Fsp3) is 0.467. The second-order valence-electron chi connectivity index (χ2n) is 6.10. The van der Waals surface area contributed by atoms with E-state index in [9.17, 15) is 9.59 Å². The van der Waals surface area contributed by atoms with E-state index in [0.29, 0.717) is 5.56 Å². The van der Waals surface area contributed by atoms with E-state index in [-0.39, 0.29) is 18.3 Å². The van der Waals surface area contributed by atoms with Gasteiger partial charge in [-0.25, -0.2) is 0 Å². The molecule has 102 valence electrons. The number of hydrogen-bond donors (Lipinski definition) is 1. The fourth-order valence-corrected chi connectivity index (χ4v) is 2.35. The Balaban J connectivity index is 2.22. The average Bonchev–Trinajstić information content (AvgIpc) is 2.49. The van der Waals surface area contributed by atoms with Crippen LogP contribution in [0.5, 0.6) is 0 Å². The van der Waals surface area contributed by atoms with Gasteiger partial charge >= 0.3 is 5.97 Å². The second kappa shape index (κ2) is 4.37. The van der Waals surface area contributed by atoms with Crippen LogP contribution in [0.25, 0.3) is 0 Å². The zero-order valence-electron chi connectivity index (χ0n) is 11.7. The summed E-state index contributed by atoms with van der Waals surface area (Å²) >= 11 is 0. The molecule has 1 N–H and O–H groups in total. The first-order valence-electron chi connectivity index (χ1n) is 6.35. The molecule has 0 saturated carbocycles. The Morgan fingerprint density at radius 1 is 1.32 bits per heavy atom. The van der Waals surface area contributed by atoms with Gasteiger partial charge in [0, 0.05) is 5.56 Å². The lowest BCUT2D eigenvalue weighted by atomic mass is 9.89. The van der Waals surface area contributed by atoms with E-state index >= 15 is 0 Å². The lowest BCUT2D eigenvalue weighted by molar-refractivity contribution is -0.156. The van der Waals surface area contributed by atoms with E-state index < -0.39 is 11.1 Å². The predicted octanol–water partition coefficient (Wildman–Crippen LogP) is 2.38. The van der Waals surface area contributed by atoms with Crippen molar-refractivity contribution in [3.8, 4) is 0 Å². The molecule has 0 fully saturated rings. The number of nitrogens with one attached hydrogen (secondary N) is 1. The lowest BCUT2D eigenvalue weighted by Crippen LogP contribution is -2.40. The van der Waals surface area contributed by atoms with Gasteiger partial charge in [-0.1, -0.05) is 18.2 Å². The molecular formula is C15H19NO3. The number of carbonyl (C=O) groups is 2. The third-order valence-corrected chi connectivity index (χ3v) is 3.07. The highest BCUT2D eigenvalue weighted by atomic mass is 16.6. The first kappa shape index (κ1) is 13.6. The van der Waals surface area contributed by atoms with Crippen molar-refractivity contribution in [2.75, 3.05) is 0 Å². The normalized spacial score (nSPS) is 21.8. The van der Waals surface area contributed by atoms with Crippen LogP contribution in [-0.2, 0) is 15.1 Å². The molecule has 2 rings (SSSR count). The number of esters is 1. The van der Waals surface area contributed by atoms with Crippen molar-refractivity contribution in [1.29, 1.82) is 0 Å². The quantitative estimate of drug-likeness (QED) is 0.832. The number of hydrogen-bond acceptors (Lipinski definition) is 3. The lowest BCUT2D eigenvalue weighted by Gasteiger charge is -2.27. The summed E-state index contributed by atoms with van der Waals surface area (Å²) in [5.41, 5.74) is 0.283. The Morgan fingerprint density at radius 3 is 2.58 bits per heavy atom. The zero-order chi connectivity index (χ0) is 14.3. The van der Waals surface area contributed by atoms with Gasteiger partial charge in [-0.15, -0.1) is 0 Å². The molecule has 1 aliphatic rings. The highest BCUT2D eigenvalue weighted by Crippen LogP contribution is 2.34. The van der Waals surface area contributed by atoms with Crippen LogP contribution in [0.15, 0.2) is 24.3 Å². The molecule has 1 aliphatic heterocycles. The van der Waals surface area contributed by atoms with Gasteiger partial charge in [0.15, 0.2) is 0 Å². The van der Waals surface area contributed by atoms with Crippen molar-refractivity contribution in [2.45, 2.75) is 45.3 Å². The molecule has 1 heterocycles. The topological polar surface area (TPSA) is 55.4 Å². The SMILES string of the molecule is CC(C)(C)OC(=O)C[C@@]1(C)NC(=O)c2ccccc21. The number of benzene rings is 1. The molecule has 1 amide bonds. The summed E-state index contributed by atoms with van der Waals surface area (Å²) in [6, 6.07) is 7.33. The molecule has 0 bridgehead atoms. The Bertz CT molecular complexity index is 530. The van der Waals surface area contributed by atoms with Crippen LogP contribution in [0.2, 0.25) is 0 Å². The average molecular weight is 261 g/mol. The molecular weight excluding hydrogens is 242 g/mol. The molecule has 1 aromatic rings. The molecule has 0 aromatic heterocycles. The molecule has 0 radical (unpaired) electrons. The summed E-state index contributed by atoms with van der Waals surface area (Å²) in [5, 5.41) is 2.87. The smallest absolute Gasteiger partial charge is 0.309 e. The molecule has 1 atom stereocenters. The summed E-state index contributed by atoms with van der Waals surface area (Å²) < 4.78 is 5.32. The van der Waals surface area contributed by atoms with E-state index in [0.717, 1.165) is 5.56 Å². The summed E-state index contributed by atoms with van der Waals surface area (Å²) in [4.78, 5) is 23.8. The molecule has 4 nitrogen and oxygen atoms in total. The minimum absolute atomic E-state index is 0.132. The van der Waals surface area contributed by atoms with Gasteiger partial charge in [0.2, 0.25) is 0 Å². The molecule has 0 saturated heterocycles. The molecule has 0 aliphatic carbocycles. The second-order valence-corrected chi connectivity index (χ2v) is 6.10. The molecule has 0 spiro atoms. The van der Waals surface area contributed by atoms with Crippen molar-refractivity contribution in [2.24, 2.45) is 0 Å². The number of fused-ring (bicyclic) bond motifs is 1. The summed E-state index contributed by atoms with van der Waals surface area (Å²) in [7, 11) is 0. The van der Waals surface area contributed by atoms with Gasteiger partial charge < -0.3 is 10.1 Å². The Hall–Kier alpha value is -1.84. The first-order chi connectivity index (χ1) is 8.71. The first-order valence-corrected chi connectivity index (χ1v) is 6.35. The minimum atomic E-state index is -0.685. The van der Waals surface area contributed by atoms with Crippen LogP contribution in [0, 0.1) is 0 Å². The van der Waals surface area contributed by atoms with Crippen LogP contribution in [0.3, 0.4) is 0 Å². The predicted molar refractivity (Wildman–Crippen MR) is 71.7 cm³/mol. The van der Waals surface area contributed by atoms with Crippen molar-refractivity contribution >= 4 is 11.9 Å². The highest BCUT2D eigenvalue weighted by Gasteiger charge is 2.41. The maximum atomic E-state index is 12.0. The molecule has 4 heteroatoms. The Labute approximate surface area is 113 Å². The summed E-state index contributed by atoms with van der Waals surface area (Å²) in [6.45, 7) is 7.33. The molecule has 19 heavy (non-hydrogen) atoms. The third-order valence-electron chi connectivity index (χ3n) is 3.07. The van der Waals surface area contributed by atoms with Gasteiger partial charge in [-0.3, -0.25) is 9.59 Å². The molecule has 0 unspecified atom stereocenters. The van der Waals surface area contributed by atoms with Crippen molar-refractivity contribution in [3.63, 3.8) is 0 Å². The Morgan fingerprint density at radius 2 is 1.95 bits per heavy atom. The number of carbonyl (C=O) groups excluding carboxylic acids is 2. The van der Waals surface area contributed by atoms with Crippen LogP contribution in [0.1, 0.15) is 50.0 Å². The van der Waals surface area contributed by atoms with Gasteiger partial charge in [0.1, 0.15) is 5.60 Å². The fourth-order valence-electron chi connectivity index (χ4n) is 2.35. The van der Waals surface area contributed by atoms with Crippen LogP contribution in [0.4, 0.5) is 0 Å². The number of amides is 1. The van der Waals surface area contributed by atoms with Gasteiger partial charge in [0.25, 0.3) is 5.91 Å². The summed E-state index contributed by atoms with van der Waals surface area (Å²) in [6.07, 6.45) is 0.132. The molecule has 1 aromatic carbocycles. The van der Waals surface area contributed by atoms with E-state index in [4.69, 9.17) is 4.74 Å². The van der Waals surface area contributed by atoms with Crippen molar-refractivity contribution in [1.82, 2.24) is 5.32 Å². The van der Waals surface area contributed by atoms with E-state index in [1.54, 1.807) is 6.07 Å². The van der Waals surface area contributed by atoms with Crippen LogP contribution < -0.4 is 5.32 Å². The van der Waals surface area contributed by atoms with Crippen LogP contribution >= 0.6 is 0 Å². The van der Waals surface area contributed by atoms with Gasteiger partial charge in [-0.2, -0.15) is 0 Å². The maximum Gasteiger partial charge on any atom is 0.309 e. The standard InChI is InChI=1S/C15H19NO3/c1-14(2,3)19-12(17)9-15(4)11-8-6-5-7-10(11)13(18)16-15/h5-8H,9H2,1-4H3,(H,16,18)/t15-/m1/s1. The minimum Gasteiger partial charge on any atom is -0.460 e. The van der Waals surface area contributed by atoms with Crippen molar-refractivity contribution < 1.29 is 14.3 Å². The van der Waals surface area contributed by atoms with Crippen LogP contribution in [-0.4, -0.2) is 17.5 Å². The van der Waals surface area contributed by atoms with E-state index in [1.807, 2.05) is 45.9 Å². The monoisotopic (exact) mass is 261 g/mol. The number of rotatable bonds is 2. The van der Waals surface area contributed by atoms with Crippen molar-refractivity contribution in [3.05, 3.63) is 35.4 Å². The highest BCUT2D eigenvalue weighted by molar-refractivity contribution is 6.00. The third kappa shape index (κ3) is 2.78. The largest absolute Gasteiger partial charge is 0.460 e. The van der Waals surface area contributed by atoms with E-state index in [1.165, 1.54) is 0 Å². The number of ether oxygens (including phenoxy) is 1. The van der Waals surface area contributed by atoms with E-state index in [2.05, 4.69) is 5.32 Å².